The molecule has 2 rings (SSSR count). The van der Waals surface area contributed by atoms with Gasteiger partial charge in [-0.25, -0.2) is 0 Å². The Morgan fingerprint density at radius 1 is 1.36 bits per heavy atom. The van der Waals surface area contributed by atoms with Crippen molar-refractivity contribution in [3.63, 3.8) is 0 Å². The average Bonchev–Trinajstić information content (AvgIpc) is 2.96. The van der Waals surface area contributed by atoms with Gasteiger partial charge < -0.3 is 15.0 Å². The van der Waals surface area contributed by atoms with Crippen molar-refractivity contribution in [3.05, 3.63) is 29.3 Å². The summed E-state index contributed by atoms with van der Waals surface area (Å²) in [5.41, 5.74) is 2.64. The molecule has 1 aromatic carbocycles. The van der Waals surface area contributed by atoms with Gasteiger partial charge in [0.2, 0.25) is 5.91 Å². The van der Waals surface area contributed by atoms with Crippen LogP contribution in [0.3, 0.4) is 0 Å². The Morgan fingerprint density at radius 2 is 2.14 bits per heavy atom. The maximum Gasteiger partial charge on any atom is 0.251 e. The molecule has 0 aliphatic carbocycles. The molecule has 1 aliphatic heterocycles. The summed E-state index contributed by atoms with van der Waals surface area (Å²) in [5.74, 6) is 0.0362. The van der Waals surface area contributed by atoms with Gasteiger partial charge in [0.05, 0.1) is 12.6 Å². The van der Waals surface area contributed by atoms with E-state index >= 15 is 0 Å². The quantitative estimate of drug-likeness (QED) is 0.876. The summed E-state index contributed by atoms with van der Waals surface area (Å²) in [6.07, 6.45) is 2.12. The van der Waals surface area contributed by atoms with E-state index in [1.165, 1.54) is 0 Å². The number of carbonyl (C=O) groups is 2. The van der Waals surface area contributed by atoms with Gasteiger partial charge in [0, 0.05) is 31.3 Å². The number of benzene rings is 1. The molecule has 1 heterocycles. The number of nitrogens with one attached hydrogen (secondary N) is 1. The van der Waals surface area contributed by atoms with Crippen LogP contribution in [0.4, 0.5) is 5.69 Å². The van der Waals surface area contributed by atoms with Crippen molar-refractivity contribution < 1.29 is 14.3 Å². The van der Waals surface area contributed by atoms with Crippen LogP contribution in [-0.2, 0) is 16.0 Å². The van der Waals surface area contributed by atoms with Crippen LogP contribution >= 0.6 is 0 Å². The summed E-state index contributed by atoms with van der Waals surface area (Å²) in [4.78, 5) is 26.0. The second kappa shape index (κ2) is 7.40. The van der Waals surface area contributed by atoms with E-state index in [4.69, 9.17) is 4.74 Å². The number of ether oxygens (including phenoxy) is 1. The van der Waals surface area contributed by atoms with Gasteiger partial charge in [0.15, 0.2) is 0 Å². The molecule has 0 spiro atoms. The molecule has 1 N–H and O–H groups in total. The fraction of sp³-hybridized carbons (Fsp3) is 0.529. The number of anilines is 1. The zero-order chi connectivity index (χ0) is 16.1. The average molecular weight is 304 g/mol. The van der Waals surface area contributed by atoms with Crippen LogP contribution in [0.25, 0.3) is 0 Å². The van der Waals surface area contributed by atoms with Crippen LogP contribution in [-0.4, -0.2) is 38.1 Å². The molecular weight excluding hydrogens is 280 g/mol. The highest BCUT2D eigenvalue weighted by Crippen LogP contribution is 2.29. The Kier molecular flexibility index (Phi) is 5.55. The molecule has 2 amide bonds. The van der Waals surface area contributed by atoms with Gasteiger partial charge in [-0.15, -0.1) is 0 Å². The van der Waals surface area contributed by atoms with Crippen LogP contribution in [0.1, 0.15) is 42.6 Å². The van der Waals surface area contributed by atoms with Crippen molar-refractivity contribution in [1.82, 2.24) is 5.32 Å². The van der Waals surface area contributed by atoms with Gasteiger partial charge in [-0.3, -0.25) is 9.59 Å². The number of hydrogen-bond acceptors (Lipinski definition) is 3. The van der Waals surface area contributed by atoms with E-state index in [-0.39, 0.29) is 17.9 Å². The van der Waals surface area contributed by atoms with Crippen molar-refractivity contribution in [2.24, 2.45) is 0 Å². The smallest absolute Gasteiger partial charge is 0.251 e. The SMILES string of the molecule is CCC(=O)N1CCc2cc(C(=O)N[C@H](CC)COC)ccc21. The predicted molar refractivity (Wildman–Crippen MR) is 86.2 cm³/mol. The molecule has 120 valence electrons. The molecular formula is C17H24N2O3. The Hall–Kier alpha value is -1.88. The highest BCUT2D eigenvalue weighted by molar-refractivity contribution is 5.98. The summed E-state index contributed by atoms with van der Waals surface area (Å²) < 4.78 is 5.10. The summed E-state index contributed by atoms with van der Waals surface area (Å²) in [5, 5.41) is 2.98. The van der Waals surface area contributed by atoms with E-state index in [0.29, 0.717) is 25.1 Å². The number of hydrogen-bond donors (Lipinski definition) is 1. The summed E-state index contributed by atoms with van der Waals surface area (Å²) >= 11 is 0. The third-order valence-corrected chi connectivity index (χ3v) is 4.04. The predicted octanol–water partition coefficient (Wildman–Crippen LogP) is 2.14. The van der Waals surface area contributed by atoms with E-state index in [9.17, 15) is 9.59 Å². The minimum atomic E-state index is -0.0908. The van der Waals surface area contributed by atoms with Gasteiger partial charge in [0.25, 0.3) is 5.91 Å². The number of rotatable bonds is 6. The first-order valence-corrected chi connectivity index (χ1v) is 7.83. The molecule has 0 fully saturated rings. The van der Waals surface area contributed by atoms with Crippen LogP contribution in [0.5, 0.6) is 0 Å². The Labute approximate surface area is 131 Å². The van der Waals surface area contributed by atoms with Crippen molar-refractivity contribution in [2.75, 3.05) is 25.2 Å². The fourth-order valence-corrected chi connectivity index (χ4v) is 2.72. The molecule has 22 heavy (non-hydrogen) atoms. The van der Waals surface area contributed by atoms with Crippen LogP contribution < -0.4 is 10.2 Å². The largest absolute Gasteiger partial charge is 0.383 e. The Morgan fingerprint density at radius 3 is 2.77 bits per heavy atom. The summed E-state index contributed by atoms with van der Waals surface area (Å²) in [6, 6.07) is 5.58. The fourth-order valence-electron chi connectivity index (χ4n) is 2.72. The molecule has 5 heteroatoms. The topological polar surface area (TPSA) is 58.6 Å². The Balaban J connectivity index is 2.12. The third-order valence-electron chi connectivity index (χ3n) is 4.04. The molecule has 0 radical (unpaired) electrons. The van der Waals surface area contributed by atoms with Crippen molar-refractivity contribution in [1.29, 1.82) is 0 Å². The van der Waals surface area contributed by atoms with Crippen LogP contribution in [0.15, 0.2) is 18.2 Å². The third kappa shape index (κ3) is 3.47. The molecule has 1 aliphatic rings. The molecule has 0 saturated carbocycles. The monoisotopic (exact) mass is 304 g/mol. The van der Waals surface area contributed by atoms with Gasteiger partial charge in [-0.1, -0.05) is 13.8 Å². The number of amides is 2. The van der Waals surface area contributed by atoms with Crippen molar-refractivity contribution in [2.45, 2.75) is 39.2 Å². The zero-order valence-corrected chi connectivity index (χ0v) is 13.5. The van der Waals surface area contributed by atoms with Gasteiger partial charge in [-0.05, 0) is 36.6 Å². The lowest BCUT2D eigenvalue weighted by atomic mass is 10.1. The van der Waals surface area contributed by atoms with Crippen LogP contribution in [0, 0.1) is 0 Å². The second-order valence-corrected chi connectivity index (χ2v) is 5.53. The van der Waals surface area contributed by atoms with Crippen molar-refractivity contribution in [3.8, 4) is 0 Å². The van der Waals surface area contributed by atoms with Crippen molar-refractivity contribution >= 4 is 17.5 Å². The highest BCUT2D eigenvalue weighted by Gasteiger charge is 2.24. The molecule has 5 nitrogen and oxygen atoms in total. The first kappa shape index (κ1) is 16.5. The number of nitrogens with zero attached hydrogens (tertiary/aromatic N) is 1. The van der Waals surface area contributed by atoms with E-state index in [1.54, 1.807) is 18.1 Å². The molecule has 1 aromatic rings. The lowest BCUT2D eigenvalue weighted by molar-refractivity contribution is -0.118. The van der Waals surface area contributed by atoms with E-state index in [2.05, 4.69) is 5.32 Å². The van der Waals surface area contributed by atoms with Gasteiger partial charge in [0.1, 0.15) is 0 Å². The minimum absolute atomic E-state index is 0.0175. The lowest BCUT2D eigenvalue weighted by Gasteiger charge is -2.18. The van der Waals surface area contributed by atoms with Gasteiger partial charge in [-0.2, -0.15) is 0 Å². The molecule has 0 bridgehead atoms. The highest BCUT2D eigenvalue weighted by atomic mass is 16.5. The van der Waals surface area contributed by atoms with E-state index in [0.717, 1.165) is 24.1 Å². The number of fused-ring (bicyclic) bond motifs is 1. The summed E-state index contributed by atoms with van der Waals surface area (Å²) in [6.45, 7) is 5.09. The zero-order valence-electron chi connectivity index (χ0n) is 13.5. The van der Waals surface area contributed by atoms with E-state index in [1.807, 2.05) is 26.0 Å². The molecule has 0 saturated heterocycles. The first-order valence-electron chi connectivity index (χ1n) is 7.83. The standard InChI is InChI=1S/C17H24N2O3/c1-4-14(11-22-3)18-17(21)13-6-7-15-12(10-13)8-9-19(15)16(20)5-2/h6-7,10,14H,4-5,8-9,11H2,1-3H3,(H,18,21)/t14-/m1/s1. The Bertz CT molecular complexity index is 557. The van der Waals surface area contributed by atoms with Crippen LogP contribution in [0.2, 0.25) is 0 Å². The normalized spacial score (nSPS) is 14.6. The number of carbonyl (C=O) groups excluding carboxylic acids is 2. The van der Waals surface area contributed by atoms with Gasteiger partial charge >= 0.3 is 0 Å². The first-order chi connectivity index (χ1) is 10.6. The van der Waals surface area contributed by atoms with E-state index < -0.39 is 0 Å². The molecule has 0 unspecified atom stereocenters. The molecule has 0 aromatic heterocycles. The second-order valence-electron chi connectivity index (χ2n) is 5.53. The summed E-state index contributed by atoms with van der Waals surface area (Å²) in [7, 11) is 1.63. The maximum atomic E-state index is 12.3. The number of methoxy groups -OCH3 is 1. The maximum absolute atomic E-state index is 12.3. The molecule has 1 atom stereocenters. The minimum Gasteiger partial charge on any atom is -0.383 e. The lowest BCUT2D eigenvalue weighted by Crippen LogP contribution is -2.37.